The molecule has 0 aromatic heterocycles. The number of carboxylic acids is 1. The van der Waals surface area contributed by atoms with E-state index in [2.05, 4.69) is 20.8 Å². The number of fused-ring (bicyclic) bond motifs is 7. The van der Waals surface area contributed by atoms with Crippen LogP contribution in [0.4, 0.5) is 0 Å². The number of methoxy groups -OCH3 is 3. The van der Waals surface area contributed by atoms with Crippen molar-refractivity contribution < 1.29 is 172 Å². The highest BCUT2D eigenvalue weighted by Gasteiger charge is 2.75. The number of aliphatic hydroxyl groups excluding tert-OH is 14. The predicted octanol–water partition coefficient (Wildman–Crippen LogP) is -2.84. The molecule has 35 atom stereocenters. The van der Waals surface area contributed by atoms with Gasteiger partial charge in [0.1, 0.15) is 90.6 Å². The second-order valence-corrected chi connectivity index (χ2v) is 33.9. The Bertz CT molecular complexity index is 3480. The number of hydrogen-bond acceptors (Lipinski definition) is 34. The standard InChI is InChI=1S/C75H112O35/c1-32-52(105-44(82)14-11-34-21-39(96-8)55(98-10)40(22-34)97-9)49(86)58(109-62-51(88)57(108-65-60(90)75(95,29-79)31-101-65)53(33(2)102-62)106-61-50(87)54(38(81)26-99-61)107-64-59(89)74(94,28-78)30-100-64)63(103-32)110-67(93)72-18-17-68(3,4)23-36(72)35-12-13-42-69(5)24-37(80)45(56-48(85)47(84)46(83)41(25-76)104-56)71(7,66(91)92)43(69)15-16-70(42,6)73(35,27-77)20-19-72/h11-12,14,21-22,32-33,36-38,41-43,45-54,56-65,76-81,83-90,94-95H,13,15-20,23-31H2,1-10H3,(H,91,92)/b14-11+/t32-,33+,36+,37+,38-,41-,42-,43-,45-,46-,47+,48-,49+,50-,51-,52+,53+,54+,56+,57+,58-,59+,60+,61+,62+,63+,64+,65+,69-,70-,71+,72+,73+,74-,75-/m1/s1. The van der Waals surface area contributed by atoms with E-state index in [1.54, 1.807) is 12.1 Å². The van der Waals surface area contributed by atoms with Crippen LogP contribution in [-0.4, -0.2) is 331 Å². The van der Waals surface area contributed by atoms with E-state index in [9.17, 15) is 96.4 Å². The maximum Gasteiger partial charge on any atom is 0.331 e. The van der Waals surface area contributed by atoms with E-state index in [4.69, 9.17) is 71.1 Å². The van der Waals surface area contributed by atoms with Crippen LogP contribution in [0.1, 0.15) is 112 Å². The first-order chi connectivity index (χ1) is 51.8. The van der Waals surface area contributed by atoms with Gasteiger partial charge in [0.05, 0.1) is 103 Å². The molecule has 35 heteroatoms. The van der Waals surface area contributed by atoms with Crippen LogP contribution in [0.15, 0.2) is 29.9 Å². The molecule has 6 heterocycles. The molecule has 110 heavy (non-hydrogen) atoms. The van der Waals surface area contributed by atoms with Gasteiger partial charge >= 0.3 is 17.9 Å². The zero-order valence-electron chi connectivity index (χ0n) is 63.3. The summed E-state index contributed by atoms with van der Waals surface area (Å²) >= 11 is 0. The van der Waals surface area contributed by atoms with E-state index in [1.165, 1.54) is 48.2 Å². The van der Waals surface area contributed by atoms with Crippen molar-refractivity contribution in [2.24, 2.45) is 56.2 Å². The fraction of sp³-hybridized carbons (Fsp3) is 0.827. The van der Waals surface area contributed by atoms with Gasteiger partial charge in [-0.2, -0.15) is 0 Å². The lowest BCUT2D eigenvalue weighted by Crippen LogP contribution is -2.72. The predicted molar refractivity (Wildman–Crippen MR) is 370 cm³/mol. The third-order valence-corrected chi connectivity index (χ3v) is 27.3. The van der Waals surface area contributed by atoms with Crippen molar-refractivity contribution in [3.05, 3.63) is 35.4 Å². The lowest BCUT2D eigenvalue weighted by Gasteiger charge is -2.72. The fourth-order valence-corrected chi connectivity index (χ4v) is 21.0. The van der Waals surface area contributed by atoms with Crippen LogP contribution in [0.25, 0.3) is 6.08 Å². The van der Waals surface area contributed by atoms with Gasteiger partial charge < -0.3 is 158 Å². The lowest BCUT2D eigenvalue weighted by molar-refractivity contribution is -0.386. The zero-order chi connectivity index (χ0) is 80.2. The van der Waals surface area contributed by atoms with E-state index in [1.807, 2.05) is 13.0 Å². The van der Waals surface area contributed by atoms with Crippen LogP contribution >= 0.6 is 0 Å². The van der Waals surface area contributed by atoms with Crippen molar-refractivity contribution in [1.82, 2.24) is 0 Å². The van der Waals surface area contributed by atoms with Gasteiger partial charge in [0.15, 0.2) is 48.9 Å². The molecular weight excluding hydrogens is 1460 g/mol. The Hall–Kier alpha value is -4.53. The van der Waals surface area contributed by atoms with Gasteiger partial charge in [-0.3, -0.25) is 9.59 Å². The van der Waals surface area contributed by atoms with Gasteiger partial charge in [0.2, 0.25) is 12.0 Å². The smallest absolute Gasteiger partial charge is 0.331 e. The summed E-state index contributed by atoms with van der Waals surface area (Å²) < 4.78 is 89.8. The molecule has 4 saturated carbocycles. The van der Waals surface area contributed by atoms with Gasteiger partial charge in [-0.15, -0.1) is 0 Å². The molecule has 6 saturated heterocycles. The molecule has 0 bridgehead atoms. The quantitative estimate of drug-likeness (QED) is 0.0316. The van der Waals surface area contributed by atoms with Crippen molar-refractivity contribution in [2.75, 3.05) is 67.6 Å². The average Bonchev–Trinajstić information content (AvgIpc) is 0.766. The molecule has 17 N–H and O–H groups in total. The summed E-state index contributed by atoms with van der Waals surface area (Å²) in [4.78, 5) is 44.4. The van der Waals surface area contributed by atoms with Crippen molar-refractivity contribution in [3.8, 4) is 17.2 Å². The number of carboxylic acid groups (broad SMARTS) is 1. The molecule has 0 amide bonds. The molecule has 11 aliphatic rings. The number of esters is 2. The van der Waals surface area contributed by atoms with E-state index >= 15 is 4.79 Å². The molecule has 35 nitrogen and oxygen atoms in total. The lowest BCUT2D eigenvalue weighted by atomic mass is 9.32. The summed E-state index contributed by atoms with van der Waals surface area (Å²) in [5.74, 6) is -5.46. The maximum atomic E-state index is 16.2. The number of ether oxygens (including phenoxy) is 15. The maximum absolute atomic E-state index is 16.2. The normalized spacial score (nSPS) is 48.6. The van der Waals surface area contributed by atoms with E-state index in [0.717, 1.165) is 11.6 Å². The molecule has 6 aliphatic heterocycles. The minimum atomic E-state index is -2.30. The topological polar surface area (TPSA) is 534 Å². The number of allylic oxidation sites excluding steroid dienone is 1. The first-order valence-corrected chi connectivity index (χ1v) is 37.8. The van der Waals surface area contributed by atoms with Crippen molar-refractivity contribution >= 4 is 24.0 Å². The summed E-state index contributed by atoms with van der Waals surface area (Å²) in [6.07, 6.45) is -35.8. The van der Waals surface area contributed by atoms with E-state index < -0.39 is 279 Å². The minimum Gasteiger partial charge on any atom is -0.493 e. The van der Waals surface area contributed by atoms with Crippen molar-refractivity contribution in [3.63, 3.8) is 0 Å². The number of benzene rings is 1. The Morgan fingerprint density at radius 1 is 0.573 bits per heavy atom. The average molecular weight is 1570 g/mol. The molecule has 10 fully saturated rings. The van der Waals surface area contributed by atoms with Crippen molar-refractivity contribution in [2.45, 2.75) is 265 Å². The van der Waals surface area contributed by atoms with Gasteiger partial charge in [0, 0.05) is 17.4 Å². The van der Waals surface area contributed by atoms with Crippen LogP contribution in [0.2, 0.25) is 0 Å². The minimum absolute atomic E-state index is 0.00229. The third kappa shape index (κ3) is 14.2. The van der Waals surface area contributed by atoms with Gasteiger partial charge in [-0.1, -0.05) is 39.3 Å². The van der Waals surface area contributed by atoms with Crippen molar-refractivity contribution in [1.29, 1.82) is 0 Å². The van der Waals surface area contributed by atoms with Gasteiger partial charge in [-0.05, 0) is 136 Å². The molecule has 1 aromatic rings. The first-order valence-electron chi connectivity index (χ1n) is 37.8. The van der Waals surface area contributed by atoms with Crippen LogP contribution in [0, 0.1) is 56.2 Å². The first kappa shape index (κ1) is 84.9. The fourth-order valence-electron chi connectivity index (χ4n) is 21.0. The van der Waals surface area contributed by atoms with Gasteiger partial charge in [-0.25, -0.2) is 4.79 Å². The molecular formula is C75H112O35. The number of rotatable bonds is 22. The van der Waals surface area contributed by atoms with Crippen LogP contribution < -0.4 is 14.2 Å². The number of aliphatic carboxylic acids is 1. The highest BCUT2D eigenvalue weighted by atomic mass is 16.8. The Labute approximate surface area is 635 Å². The molecule has 0 unspecified atom stereocenters. The molecule has 12 rings (SSSR count). The summed E-state index contributed by atoms with van der Waals surface area (Å²) in [5, 5.41) is 192. The highest BCUT2D eigenvalue weighted by molar-refractivity contribution is 5.87. The summed E-state index contributed by atoms with van der Waals surface area (Å²) in [7, 11) is 4.22. The SMILES string of the molecule is COc1cc(/C=C/C(=O)O[C@@H]2[C@H](O)[C@@H](O[C@@H]3O[C@@H](C)[C@H](O[C@@H]4OC[C@@H](O)[C@H](O[C@@H]5OC[C@](O)(CO)[C@H]5O)[C@H]4O)[C@@H](O[C@@H]4OC[C@](O)(CO)[C@H]4O)[C@H]3O)[C@H](OC(=O)[C@]34CCC(C)(C)C[C@H]3C3=CC[C@@H]5[C@@]6(C)C[C@H](O)[C@H]([C@@H]7O[C@H](CO)[C@@H](O)[C@H](O)[C@H]7O)[C@@](C)(C(=O)O)[C@@H]6CC[C@@]5(C)[C@]3(CO)CC4)O[C@@H]2C)cc(OC)c1OC. The van der Waals surface area contributed by atoms with Crippen LogP contribution in [0.5, 0.6) is 17.2 Å². The monoisotopic (exact) mass is 1570 g/mol. The summed E-state index contributed by atoms with van der Waals surface area (Å²) in [5.41, 5.74) is -9.86. The van der Waals surface area contributed by atoms with Crippen LogP contribution in [0.3, 0.4) is 0 Å². The number of carbonyl (C=O) groups excluding carboxylic acids is 2. The second-order valence-electron chi connectivity index (χ2n) is 33.9. The molecule has 622 valence electrons. The molecule has 0 radical (unpaired) electrons. The van der Waals surface area contributed by atoms with E-state index in [-0.39, 0.29) is 49.4 Å². The summed E-state index contributed by atoms with van der Waals surface area (Å²) in [6.45, 7) is 7.48. The Kier molecular flexibility index (Phi) is 24.5. The largest absolute Gasteiger partial charge is 0.493 e. The zero-order valence-corrected chi connectivity index (χ0v) is 63.3. The highest BCUT2D eigenvalue weighted by Crippen LogP contribution is 2.77. The number of carbonyl (C=O) groups is 3. The summed E-state index contributed by atoms with van der Waals surface area (Å²) in [6, 6.07) is 3.11. The second kappa shape index (κ2) is 31.8. The Balaban J connectivity index is 0.864. The Morgan fingerprint density at radius 2 is 1.15 bits per heavy atom. The molecule has 5 aliphatic carbocycles. The van der Waals surface area contributed by atoms with Crippen LogP contribution in [-0.2, 0) is 71.2 Å². The third-order valence-electron chi connectivity index (χ3n) is 27.3. The Morgan fingerprint density at radius 3 is 1.74 bits per heavy atom. The van der Waals surface area contributed by atoms with Gasteiger partial charge in [0.25, 0.3) is 0 Å². The molecule has 0 spiro atoms. The molecule has 1 aromatic carbocycles. The number of aliphatic hydroxyl groups is 16. The number of hydrogen-bond donors (Lipinski definition) is 17. The van der Waals surface area contributed by atoms with E-state index in [0.29, 0.717) is 31.2 Å².